The number of benzene rings is 1. The van der Waals surface area contributed by atoms with Crippen LogP contribution < -0.4 is 0 Å². The summed E-state index contributed by atoms with van der Waals surface area (Å²) in [6.45, 7) is 1.56. The number of piperidine rings is 1. The maximum Gasteiger partial charge on any atom is 0.272 e. The smallest absolute Gasteiger partial charge is 0.272 e. The standard InChI is InChI=1S/C20H23ClN2O2/c1-25-17-7-3-10-20(17)11-4-12-23(13-20)19(24)16-9-8-14-5-2-6-15(21)18(14)22-16/h2,5-6,8-9,17H,3-4,7,10-13H2,1H3/t17-,20-/m1/s1. The summed E-state index contributed by atoms with van der Waals surface area (Å²) in [6, 6.07) is 9.40. The number of likely N-dealkylation sites (tertiary alicyclic amines) is 1. The van der Waals surface area contributed by atoms with Crippen molar-refractivity contribution in [2.75, 3.05) is 20.2 Å². The van der Waals surface area contributed by atoms with Gasteiger partial charge in [0.1, 0.15) is 5.69 Å². The molecule has 132 valence electrons. The molecule has 1 aromatic carbocycles. The highest BCUT2D eigenvalue weighted by Gasteiger charge is 2.46. The van der Waals surface area contributed by atoms with Crippen LogP contribution in [0.3, 0.4) is 0 Å². The quantitative estimate of drug-likeness (QED) is 0.803. The van der Waals surface area contributed by atoms with Crippen molar-refractivity contribution < 1.29 is 9.53 Å². The van der Waals surface area contributed by atoms with Gasteiger partial charge < -0.3 is 9.64 Å². The molecule has 1 saturated carbocycles. The van der Waals surface area contributed by atoms with Crippen LogP contribution in [-0.2, 0) is 4.74 Å². The van der Waals surface area contributed by atoms with Crippen LogP contribution in [0.2, 0.25) is 5.02 Å². The highest BCUT2D eigenvalue weighted by molar-refractivity contribution is 6.35. The predicted octanol–water partition coefficient (Wildman–Crippen LogP) is 4.31. The largest absolute Gasteiger partial charge is 0.381 e. The van der Waals surface area contributed by atoms with Crippen LogP contribution >= 0.6 is 11.6 Å². The van der Waals surface area contributed by atoms with Crippen molar-refractivity contribution in [2.45, 2.75) is 38.2 Å². The molecule has 0 bridgehead atoms. The summed E-state index contributed by atoms with van der Waals surface area (Å²) in [6.07, 6.45) is 5.87. The lowest BCUT2D eigenvalue weighted by molar-refractivity contribution is -0.0296. The van der Waals surface area contributed by atoms with E-state index in [1.807, 2.05) is 35.2 Å². The second-order valence-corrected chi connectivity index (χ2v) is 7.72. The molecule has 2 heterocycles. The molecule has 25 heavy (non-hydrogen) atoms. The van der Waals surface area contributed by atoms with Gasteiger partial charge in [0.25, 0.3) is 5.91 Å². The van der Waals surface area contributed by atoms with Gasteiger partial charge in [-0.1, -0.05) is 36.2 Å². The van der Waals surface area contributed by atoms with Crippen molar-refractivity contribution in [1.82, 2.24) is 9.88 Å². The molecule has 2 atom stereocenters. The third kappa shape index (κ3) is 2.91. The van der Waals surface area contributed by atoms with E-state index in [-0.39, 0.29) is 17.4 Å². The number of hydrogen-bond donors (Lipinski definition) is 0. The highest BCUT2D eigenvalue weighted by atomic mass is 35.5. The van der Waals surface area contributed by atoms with Crippen LogP contribution in [0.5, 0.6) is 0 Å². The number of rotatable bonds is 2. The van der Waals surface area contributed by atoms with Crippen LogP contribution in [0.15, 0.2) is 30.3 Å². The van der Waals surface area contributed by atoms with Gasteiger partial charge >= 0.3 is 0 Å². The third-order valence-corrected chi connectivity index (χ3v) is 6.20. The van der Waals surface area contributed by atoms with Crippen molar-refractivity contribution in [3.8, 4) is 0 Å². The number of amides is 1. The lowest BCUT2D eigenvalue weighted by atomic mass is 9.76. The number of ether oxygens (including phenoxy) is 1. The topological polar surface area (TPSA) is 42.4 Å². The van der Waals surface area contributed by atoms with Crippen LogP contribution in [0, 0.1) is 5.41 Å². The van der Waals surface area contributed by atoms with E-state index in [1.165, 1.54) is 6.42 Å². The molecule has 1 spiro atoms. The molecule has 0 radical (unpaired) electrons. The molecule has 1 aliphatic carbocycles. The Labute approximate surface area is 153 Å². The molecule has 5 heteroatoms. The van der Waals surface area contributed by atoms with E-state index in [0.29, 0.717) is 16.2 Å². The van der Waals surface area contributed by atoms with Crippen LogP contribution in [0.1, 0.15) is 42.6 Å². The second-order valence-electron chi connectivity index (χ2n) is 7.32. The number of carbonyl (C=O) groups excluding carboxylic acids is 1. The molecule has 1 aromatic heterocycles. The van der Waals surface area contributed by atoms with Gasteiger partial charge in [0.2, 0.25) is 0 Å². The average molecular weight is 359 g/mol. The normalized spacial score (nSPS) is 26.5. The highest BCUT2D eigenvalue weighted by Crippen LogP contribution is 2.46. The Morgan fingerprint density at radius 3 is 2.96 bits per heavy atom. The number of methoxy groups -OCH3 is 1. The number of halogens is 1. The third-order valence-electron chi connectivity index (χ3n) is 5.89. The van der Waals surface area contributed by atoms with Crippen molar-refractivity contribution in [1.29, 1.82) is 0 Å². The molecular formula is C20H23ClN2O2. The fourth-order valence-electron chi connectivity index (χ4n) is 4.67. The number of pyridine rings is 1. The van der Waals surface area contributed by atoms with Crippen LogP contribution in [0.25, 0.3) is 10.9 Å². The Morgan fingerprint density at radius 2 is 2.12 bits per heavy atom. The van der Waals surface area contributed by atoms with Crippen molar-refractivity contribution in [3.05, 3.63) is 41.0 Å². The fourth-order valence-corrected chi connectivity index (χ4v) is 4.89. The van der Waals surface area contributed by atoms with Crippen molar-refractivity contribution >= 4 is 28.4 Å². The van der Waals surface area contributed by atoms with Gasteiger partial charge in [0.05, 0.1) is 16.6 Å². The first-order valence-corrected chi connectivity index (χ1v) is 9.38. The Bertz CT molecular complexity index is 809. The van der Waals surface area contributed by atoms with E-state index >= 15 is 0 Å². The number of hydrogen-bond acceptors (Lipinski definition) is 3. The van der Waals surface area contributed by atoms with Gasteiger partial charge in [-0.2, -0.15) is 0 Å². The number of carbonyl (C=O) groups is 1. The predicted molar refractivity (Wildman–Crippen MR) is 99.0 cm³/mol. The zero-order valence-corrected chi connectivity index (χ0v) is 15.3. The number of aromatic nitrogens is 1. The molecule has 2 aliphatic rings. The summed E-state index contributed by atoms with van der Waals surface area (Å²) in [4.78, 5) is 19.6. The Kier molecular flexibility index (Phi) is 4.42. The first-order valence-electron chi connectivity index (χ1n) is 9.00. The molecule has 4 rings (SSSR count). The maximum atomic E-state index is 13.1. The van der Waals surface area contributed by atoms with E-state index in [0.717, 1.165) is 44.2 Å². The summed E-state index contributed by atoms with van der Waals surface area (Å²) in [5.74, 6) is 0.00245. The molecule has 2 fully saturated rings. The van der Waals surface area contributed by atoms with E-state index in [4.69, 9.17) is 16.3 Å². The number of fused-ring (bicyclic) bond motifs is 1. The SMILES string of the molecule is CO[C@@H]1CCC[C@]12CCCN(C(=O)c1ccc3cccc(Cl)c3n1)C2. The molecule has 2 aromatic rings. The van der Waals surface area contributed by atoms with E-state index in [2.05, 4.69) is 4.98 Å². The summed E-state index contributed by atoms with van der Waals surface area (Å²) in [5.41, 5.74) is 1.29. The van der Waals surface area contributed by atoms with Gasteiger partial charge in [-0.05, 0) is 37.8 Å². The minimum absolute atomic E-state index is 0.00245. The van der Waals surface area contributed by atoms with Gasteiger partial charge in [-0.15, -0.1) is 0 Å². The van der Waals surface area contributed by atoms with Gasteiger partial charge in [-0.25, -0.2) is 4.98 Å². The fraction of sp³-hybridized carbons (Fsp3) is 0.500. The lowest BCUT2D eigenvalue weighted by Crippen LogP contribution is -2.50. The van der Waals surface area contributed by atoms with E-state index in [9.17, 15) is 4.79 Å². The molecule has 4 nitrogen and oxygen atoms in total. The lowest BCUT2D eigenvalue weighted by Gasteiger charge is -2.43. The number of nitrogens with zero attached hydrogens (tertiary/aromatic N) is 2. The number of para-hydroxylation sites is 1. The zero-order valence-electron chi connectivity index (χ0n) is 14.5. The van der Waals surface area contributed by atoms with Crippen LogP contribution in [0.4, 0.5) is 0 Å². The van der Waals surface area contributed by atoms with E-state index < -0.39 is 0 Å². The molecule has 1 aliphatic heterocycles. The van der Waals surface area contributed by atoms with Crippen LogP contribution in [-0.4, -0.2) is 42.1 Å². The average Bonchev–Trinajstić information content (AvgIpc) is 3.03. The van der Waals surface area contributed by atoms with E-state index in [1.54, 1.807) is 7.11 Å². The molecule has 0 N–H and O–H groups in total. The second kappa shape index (κ2) is 6.58. The summed E-state index contributed by atoms with van der Waals surface area (Å²) in [5, 5.41) is 1.53. The first kappa shape index (κ1) is 16.8. The Hall–Kier alpha value is -1.65. The molecule has 1 amide bonds. The van der Waals surface area contributed by atoms with Gasteiger partial charge in [0.15, 0.2) is 0 Å². The van der Waals surface area contributed by atoms with Crippen molar-refractivity contribution in [3.63, 3.8) is 0 Å². The Balaban J connectivity index is 1.61. The monoisotopic (exact) mass is 358 g/mol. The molecule has 0 unspecified atom stereocenters. The first-order chi connectivity index (χ1) is 12.1. The maximum absolute atomic E-state index is 13.1. The molecular weight excluding hydrogens is 336 g/mol. The summed E-state index contributed by atoms with van der Waals surface area (Å²) >= 11 is 6.25. The van der Waals surface area contributed by atoms with Gasteiger partial charge in [0, 0.05) is 31.0 Å². The Morgan fingerprint density at radius 1 is 1.28 bits per heavy atom. The summed E-state index contributed by atoms with van der Waals surface area (Å²) in [7, 11) is 1.80. The molecule has 1 saturated heterocycles. The minimum Gasteiger partial charge on any atom is -0.381 e. The minimum atomic E-state index is 0.00245. The summed E-state index contributed by atoms with van der Waals surface area (Å²) < 4.78 is 5.74. The van der Waals surface area contributed by atoms with Crippen molar-refractivity contribution in [2.24, 2.45) is 5.41 Å². The zero-order chi connectivity index (χ0) is 17.4. The van der Waals surface area contributed by atoms with Gasteiger partial charge in [-0.3, -0.25) is 4.79 Å².